The molecular weight excluding hydrogens is 450 g/mol. The fraction of sp³-hybridized carbons (Fsp3) is 0.536. The van der Waals surface area contributed by atoms with Gasteiger partial charge in [-0.25, -0.2) is 8.78 Å². The maximum Gasteiger partial charge on any atom is 0.223 e. The number of halogens is 2. The van der Waals surface area contributed by atoms with Crippen LogP contribution in [0.4, 0.5) is 8.78 Å². The Hall–Kier alpha value is -2.35. The van der Waals surface area contributed by atoms with Crippen LogP contribution < -0.4 is 10.6 Å². The maximum absolute atomic E-state index is 13.8. The van der Waals surface area contributed by atoms with Crippen LogP contribution in [0.3, 0.4) is 0 Å². The molecule has 35 heavy (non-hydrogen) atoms. The highest BCUT2D eigenvalue weighted by molar-refractivity contribution is 5.77. The summed E-state index contributed by atoms with van der Waals surface area (Å²) in [6, 6.07) is 10.5. The van der Waals surface area contributed by atoms with Crippen molar-refractivity contribution in [1.29, 1.82) is 0 Å². The van der Waals surface area contributed by atoms with Crippen molar-refractivity contribution in [1.82, 2.24) is 10.6 Å². The Morgan fingerprint density at radius 3 is 2.20 bits per heavy atom. The average molecular weight is 491 g/mol. The molecule has 2 rings (SSSR count). The van der Waals surface area contributed by atoms with Crippen molar-refractivity contribution >= 4 is 5.91 Å². The third-order valence-electron chi connectivity index (χ3n) is 6.19. The Balaban J connectivity index is 2.10. The molecule has 0 spiro atoms. The van der Waals surface area contributed by atoms with Gasteiger partial charge in [-0.2, -0.15) is 0 Å². The second-order valence-electron chi connectivity index (χ2n) is 9.43. The highest BCUT2D eigenvalue weighted by Gasteiger charge is 2.30. The molecule has 0 saturated carbocycles. The van der Waals surface area contributed by atoms with Gasteiger partial charge in [0.1, 0.15) is 11.6 Å². The first-order valence-corrected chi connectivity index (χ1v) is 12.6. The van der Waals surface area contributed by atoms with Crippen molar-refractivity contribution in [2.24, 2.45) is 0 Å². The summed E-state index contributed by atoms with van der Waals surface area (Å²) in [4.78, 5) is 12.9. The second kappa shape index (κ2) is 14.3. The molecule has 2 aromatic carbocycles. The molecule has 2 atom stereocenters. The van der Waals surface area contributed by atoms with E-state index in [1.807, 2.05) is 26.0 Å². The second-order valence-corrected chi connectivity index (χ2v) is 9.43. The van der Waals surface area contributed by atoms with Crippen molar-refractivity contribution in [2.45, 2.75) is 90.0 Å². The number of hydrogen-bond acceptors (Lipinski definition) is 4. The zero-order chi connectivity index (χ0) is 25.8. The molecule has 4 N–H and O–H groups in total. The number of carbonyl (C=O) groups is 1. The molecule has 0 aromatic heterocycles. The number of benzene rings is 2. The Labute approximate surface area is 208 Å². The van der Waals surface area contributed by atoms with Gasteiger partial charge in [-0.3, -0.25) is 4.79 Å². The molecule has 2 aromatic rings. The summed E-state index contributed by atoms with van der Waals surface area (Å²) in [6.45, 7) is 6.69. The number of carbonyl (C=O) groups excluding carboxylic acids is 1. The molecule has 0 aliphatic carbocycles. The zero-order valence-electron chi connectivity index (χ0n) is 21.1. The van der Waals surface area contributed by atoms with Gasteiger partial charge in [0.05, 0.1) is 24.2 Å². The van der Waals surface area contributed by atoms with Crippen LogP contribution in [0.15, 0.2) is 42.5 Å². The maximum atomic E-state index is 13.8. The largest absolute Gasteiger partial charge is 0.390 e. The third-order valence-corrected chi connectivity index (χ3v) is 6.19. The lowest BCUT2D eigenvalue weighted by molar-refractivity contribution is -0.128. The van der Waals surface area contributed by atoms with Gasteiger partial charge in [0.25, 0.3) is 0 Å². The summed E-state index contributed by atoms with van der Waals surface area (Å²) in [5.74, 6) is -1.83. The highest BCUT2D eigenvalue weighted by Crippen LogP contribution is 2.24. The molecule has 0 aliphatic heterocycles. The number of aliphatic hydroxyl groups excluding tert-OH is 1. The van der Waals surface area contributed by atoms with E-state index in [-0.39, 0.29) is 19.4 Å². The van der Waals surface area contributed by atoms with E-state index in [1.165, 1.54) is 17.7 Å². The molecule has 0 fully saturated rings. The predicted octanol–water partition coefficient (Wildman–Crippen LogP) is 4.43. The average Bonchev–Trinajstić information content (AvgIpc) is 2.78. The Kier molecular flexibility index (Phi) is 11.8. The van der Waals surface area contributed by atoms with Crippen LogP contribution in [0.2, 0.25) is 0 Å². The normalized spacial score (nSPS) is 13.5. The molecular formula is C28H40F2N2O3. The topological polar surface area (TPSA) is 81.6 Å². The van der Waals surface area contributed by atoms with Crippen molar-refractivity contribution in [3.8, 4) is 0 Å². The molecule has 1 amide bonds. The SMILES string of the molecule is CCCC(O)(CCC)CC(=O)N[C@@H](Cc1cc(F)cc(F)c1)[C@@H](O)CNCc1cccc(CC)c1. The van der Waals surface area contributed by atoms with E-state index >= 15 is 0 Å². The molecule has 0 saturated heterocycles. The minimum absolute atomic E-state index is 0.0502. The van der Waals surface area contributed by atoms with Crippen molar-refractivity contribution < 1.29 is 23.8 Å². The monoisotopic (exact) mass is 490 g/mol. The minimum Gasteiger partial charge on any atom is -0.390 e. The smallest absolute Gasteiger partial charge is 0.223 e. The first-order valence-electron chi connectivity index (χ1n) is 12.6. The van der Waals surface area contributed by atoms with Crippen LogP contribution >= 0.6 is 0 Å². The van der Waals surface area contributed by atoms with Gasteiger partial charge in [0, 0.05) is 19.2 Å². The highest BCUT2D eigenvalue weighted by atomic mass is 19.1. The molecule has 0 bridgehead atoms. The fourth-order valence-corrected chi connectivity index (χ4v) is 4.52. The van der Waals surface area contributed by atoms with E-state index in [9.17, 15) is 23.8 Å². The van der Waals surface area contributed by atoms with Crippen molar-refractivity contribution in [2.75, 3.05) is 6.54 Å². The molecule has 0 aliphatic rings. The van der Waals surface area contributed by atoms with E-state index in [0.29, 0.717) is 24.9 Å². The number of aryl methyl sites for hydroxylation is 1. The van der Waals surface area contributed by atoms with E-state index in [2.05, 4.69) is 29.7 Å². The summed E-state index contributed by atoms with van der Waals surface area (Å²) in [6.07, 6.45) is 2.34. The molecule has 0 unspecified atom stereocenters. The molecule has 5 nitrogen and oxygen atoms in total. The van der Waals surface area contributed by atoms with E-state index in [1.54, 1.807) is 0 Å². The number of rotatable bonds is 15. The molecule has 7 heteroatoms. The van der Waals surface area contributed by atoms with Crippen LogP contribution in [0.1, 0.15) is 69.6 Å². The van der Waals surface area contributed by atoms with E-state index in [0.717, 1.165) is 30.9 Å². The Morgan fingerprint density at radius 2 is 1.60 bits per heavy atom. The van der Waals surface area contributed by atoms with Gasteiger partial charge in [-0.05, 0) is 54.5 Å². The molecule has 0 heterocycles. The third kappa shape index (κ3) is 10.0. The van der Waals surface area contributed by atoms with Gasteiger partial charge in [-0.1, -0.05) is 57.9 Å². The van der Waals surface area contributed by atoms with Crippen LogP contribution in [0.5, 0.6) is 0 Å². The van der Waals surface area contributed by atoms with Gasteiger partial charge < -0.3 is 20.8 Å². The first-order chi connectivity index (χ1) is 16.7. The van der Waals surface area contributed by atoms with Gasteiger partial charge >= 0.3 is 0 Å². The molecule has 0 radical (unpaired) electrons. The van der Waals surface area contributed by atoms with Crippen LogP contribution in [0, 0.1) is 11.6 Å². The first kappa shape index (κ1) is 28.9. The van der Waals surface area contributed by atoms with Crippen molar-refractivity contribution in [3.05, 3.63) is 70.8 Å². The lowest BCUT2D eigenvalue weighted by atomic mass is 9.88. The number of amides is 1. The van der Waals surface area contributed by atoms with Crippen molar-refractivity contribution in [3.63, 3.8) is 0 Å². The summed E-state index contributed by atoms with van der Waals surface area (Å²) in [5.41, 5.74) is 1.51. The van der Waals surface area contributed by atoms with Crippen LogP contribution in [-0.4, -0.2) is 40.4 Å². The lowest BCUT2D eigenvalue weighted by Gasteiger charge is -2.30. The summed E-state index contributed by atoms with van der Waals surface area (Å²) < 4.78 is 27.5. The van der Waals surface area contributed by atoms with Gasteiger partial charge in [0.2, 0.25) is 5.91 Å². The Bertz CT molecular complexity index is 912. The van der Waals surface area contributed by atoms with Gasteiger partial charge in [0.15, 0.2) is 0 Å². The minimum atomic E-state index is -1.11. The molecule has 194 valence electrons. The summed E-state index contributed by atoms with van der Waals surface area (Å²) in [7, 11) is 0. The fourth-order valence-electron chi connectivity index (χ4n) is 4.52. The number of aliphatic hydroxyl groups is 2. The van der Waals surface area contributed by atoms with Crippen LogP contribution in [0.25, 0.3) is 0 Å². The Morgan fingerprint density at radius 1 is 0.971 bits per heavy atom. The quantitative estimate of drug-likeness (QED) is 0.298. The van der Waals surface area contributed by atoms with E-state index in [4.69, 9.17) is 0 Å². The zero-order valence-corrected chi connectivity index (χ0v) is 21.1. The number of hydrogen-bond donors (Lipinski definition) is 4. The lowest BCUT2D eigenvalue weighted by Crippen LogP contribution is -2.50. The predicted molar refractivity (Wildman–Crippen MR) is 135 cm³/mol. The van der Waals surface area contributed by atoms with Gasteiger partial charge in [-0.15, -0.1) is 0 Å². The standard InChI is InChI=1S/C28H40F2N2O3/c1-4-10-28(35,11-5-2)17-27(34)32-25(15-22-13-23(29)16-24(30)14-22)26(33)19-31-18-21-9-7-8-20(6-3)12-21/h7-9,12-14,16,25-26,31,33,35H,4-6,10-11,15,17-19H2,1-3H3,(H,32,34)/t25-,26-/m0/s1. The number of nitrogens with one attached hydrogen (secondary N) is 2. The van der Waals surface area contributed by atoms with Crippen LogP contribution in [-0.2, 0) is 24.2 Å². The summed E-state index contributed by atoms with van der Waals surface area (Å²) in [5, 5.41) is 27.8. The van der Waals surface area contributed by atoms with E-state index < -0.39 is 35.3 Å². The summed E-state index contributed by atoms with van der Waals surface area (Å²) >= 11 is 0.